The maximum atomic E-state index is 6.16. The number of nitrogens with one attached hydrogen (secondary N) is 1. The largest absolute Gasteiger partial charge is 0.496 e. The molecule has 1 N–H and O–H groups in total. The first-order chi connectivity index (χ1) is 10.7. The summed E-state index contributed by atoms with van der Waals surface area (Å²) in [7, 11) is 1.71. The van der Waals surface area contributed by atoms with Crippen LogP contribution in [0, 0.1) is 0 Å². The highest BCUT2D eigenvalue weighted by atomic mass is 35.5. The Morgan fingerprint density at radius 2 is 2.09 bits per heavy atom. The van der Waals surface area contributed by atoms with Crippen LogP contribution in [0.5, 0.6) is 5.75 Å². The van der Waals surface area contributed by atoms with Gasteiger partial charge in [0.05, 0.1) is 13.2 Å². The Morgan fingerprint density at radius 3 is 2.86 bits per heavy atom. The van der Waals surface area contributed by atoms with E-state index in [0.717, 1.165) is 29.2 Å². The van der Waals surface area contributed by atoms with Crippen LogP contribution < -0.4 is 10.1 Å². The van der Waals surface area contributed by atoms with E-state index in [-0.39, 0.29) is 6.04 Å². The number of methoxy groups -OCH3 is 1. The Bertz CT molecular complexity index is 668. The molecule has 0 saturated heterocycles. The minimum Gasteiger partial charge on any atom is -0.496 e. The fourth-order valence-corrected chi connectivity index (χ4v) is 3.30. The molecule has 22 heavy (non-hydrogen) atoms. The lowest BCUT2D eigenvalue weighted by atomic mass is 9.99. The molecule has 1 unspecified atom stereocenters. The van der Waals surface area contributed by atoms with Gasteiger partial charge in [-0.3, -0.25) is 0 Å². The van der Waals surface area contributed by atoms with Gasteiger partial charge in [-0.15, -0.1) is 0 Å². The molecule has 2 aromatic carbocycles. The number of aryl methyl sites for hydroxylation is 1. The fraction of sp³-hybridized carbons (Fsp3) is 0.368. The molecule has 0 bridgehead atoms. The van der Waals surface area contributed by atoms with E-state index in [1.54, 1.807) is 7.11 Å². The van der Waals surface area contributed by atoms with E-state index >= 15 is 0 Å². The van der Waals surface area contributed by atoms with Gasteiger partial charge in [0, 0.05) is 16.3 Å². The average Bonchev–Trinajstić information content (AvgIpc) is 2.95. The lowest BCUT2D eigenvalue weighted by Crippen LogP contribution is -2.07. The van der Waals surface area contributed by atoms with Gasteiger partial charge in [-0.1, -0.05) is 37.1 Å². The lowest BCUT2D eigenvalue weighted by molar-refractivity contribution is 0.407. The molecule has 116 valence electrons. The summed E-state index contributed by atoms with van der Waals surface area (Å²) in [5, 5.41) is 4.34. The Kier molecular flexibility index (Phi) is 4.58. The number of unbranched alkanes of at least 4 members (excludes halogenated alkanes) is 1. The lowest BCUT2D eigenvalue weighted by Gasteiger charge is -2.16. The molecule has 0 saturated carbocycles. The predicted octanol–water partition coefficient (Wildman–Crippen LogP) is 5.40. The minimum atomic E-state index is 0.227. The zero-order chi connectivity index (χ0) is 15.5. The van der Waals surface area contributed by atoms with Gasteiger partial charge >= 0.3 is 0 Å². The predicted molar refractivity (Wildman–Crippen MR) is 93.1 cm³/mol. The standard InChI is InChI=1S/C19H22ClNO/c1-3-4-5-13-6-8-17-14(10-13)11-18(21-17)16-12-15(20)7-9-19(16)22-2/h6-10,12,18,21H,3-5,11H2,1-2H3. The minimum absolute atomic E-state index is 0.227. The zero-order valence-electron chi connectivity index (χ0n) is 13.2. The van der Waals surface area contributed by atoms with Crippen LogP contribution in [0.15, 0.2) is 36.4 Å². The van der Waals surface area contributed by atoms with E-state index in [0.29, 0.717) is 0 Å². The topological polar surface area (TPSA) is 21.3 Å². The van der Waals surface area contributed by atoms with E-state index < -0.39 is 0 Å². The second kappa shape index (κ2) is 6.62. The van der Waals surface area contributed by atoms with Crippen molar-refractivity contribution in [1.82, 2.24) is 0 Å². The van der Waals surface area contributed by atoms with E-state index in [4.69, 9.17) is 16.3 Å². The summed E-state index contributed by atoms with van der Waals surface area (Å²) in [6.45, 7) is 2.23. The number of anilines is 1. The van der Waals surface area contributed by atoms with Gasteiger partial charge in [0.2, 0.25) is 0 Å². The van der Waals surface area contributed by atoms with Crippen LogP contribution in [0.1, 0.15) is 42.5 Å². The third kappa shape index (κ3) is 3.07. The highest BCUT2D eigenvalue weighted by Crippen LogP contribution is 2.39. The van der Waals surface area contributed by atoms with Crippen molar-refractivity contribution in [3.8, 4) is 5.75 Å². The molecule has 1 aliphatic rings. The molecule has 0 aromatic heterocycles. The van der Waals surface area contributed by atoms with Crippen molar-refractivity contribution in [3.05, 3.63) is 58.1 Å². The summed E-state index contributed by atoms with van der Waals surface area (Å²) in [5.41, 5.74) is 5.18. The normalized spacial score (nSPS) is 16.2. The number of rotatable bonds is 5. The molecule has 0 fully saturated rings. The van der Waals surface area contributed by atoms with Crippen LogP contribution in [-0.2, 0) is 12.8 Å². The van der Waals surface area contributed by atoms with Gasteiger partial charge < -0.3 is 10.1 Å². The van der Waals surface area contributed by atoms with Gasteiger partial charge in [-0.25, -0.2) is 0 Å². The summed E-state index contributed by atoms with van der Waals surface area (Å²) in [4.78, 5) is 0. The number of ether oxygens (including phenoxy) is 1. The Morgan fingerprint density at radius 1 is 1.23 bits per heavy atom. The van der Waals surface area contributed by atoms with Crippen molar-refractivity contribution >= 4 is 17.3 Å². The monoisotopic (exact) mass is 315 g/mol. The molecule has 2 aromatic rings. The Hall–Kier alpha value is -1.67. The SMILES string of the molecule is CCCCc1ccc2c(c1)CC(c1cc(Cl)ccc1OC)N2. The molecule has 3 heteroatoms. The van der Waals surface area contributed by atoms with Crippen molar-refractivity contribution < 1.29 is 4.74 Å². The quantitative estimate of drug-likeness (QED) is 0.797. The van der Waals surface area contributed by atoms with Crippen molar-refractivity contribution in [3.63, 3.8) is 0 Å². The van der Waals surface area contributed by atoms with Gasteiger partial charge in [0.1, 0.15) is 5.75 Å². The molecule has 3 rings (SSSR count). The Balaban J connectivity index is 1.83. The van der Waals surface area contributed by atoms with Gasteiger partial charge in [0.15, 0.2) is 0 Å². The molecular formula is C19H22ClNO. The molecule has 2 nitrogen and oxygen atoms in total. The number of halogens is 1. The summed E-state index contributed by atoms with van der Waals surface area (Å²) >= 11 is 6.16. The number of hydrogen-bond acceptors (Lipinski definition) is 2. The first kappa shape index (κ1) is 15.2. The molecule has 1 atom stereocenters. The average molecular weight is 316 g/mol. The van der Waals surface area contributed by atoms with Gasteiger partial charge in [0.25, 0.3) is 0 Å². The maximum Gasteiger partial charge on any atom is 0.124 e. The third-order valence-corrected chi connectivity index (χ3v) is 4.54. The molecule has 0 radical (unpaired) electrons. The van der Waals surface area contributed by atoms with Crippen LogP contribution in [0.25, 0.3) is 0 Å². The maximum absolute atomic E-state index is 6.16. The number of benzene rings is 2. The summed E-state index contributed by atoms with van der Waals surface area (Å²) in [6.07, 6.45) is 4.62. The Labute approximate surface area is 137 Å². The smallest absolute Gasteiger partial charge is 0.124 e. The highest BCUT2D eigenvalue weighted by molar-refractivity contribution is 6.30. The third-order valence-electron chi connectivity index (χ3n) is 4.31. The molecule has 1 aliphatic heterocycles. The summed E-state index contributed by atoms with van der Waals surface area (Å²) in [5.74, 6) is 0.890. The van der Waals surface area contributed by atoms with E-state index in [2.05, 4.69) is 30.4 Å². The van der Waals surface area contributed by atoms with Crippen LogP contribution in [0.4, 0.5) is 5.69 Å². The number of fused-ring (bicyclic) bond motifs is 1. The van der Waals surface area contributed by atoms with Crippen LogP contribution in [-0.4, -0.2) is 7.11 Å². The first-order valence-electron chi connectivity index (χ1n) is 7.93. The molecule has 0 spiro atoms. The van der Waals surface area contributed by atoms with Crippen LogP contribution in [0.3, 0.4) is 0 Å². The summed E-state index contributed by atoms with van der Waals surface area (Å²) in [6, 6.07) is 12.8. The van der Waals surface area contributed by atoms with Crippen molar-refractivity contribution in [2.45, 2.75) is 38.6 Å². The van der Waals surface area contributed by atoms with E-state index in [1.807, 2.05) is 18.2 Å². The highest BCUT2D eigenvalue weighted by Gasteiger charge is 2.24. The zero-order valence-corrected chi connectivity index (χ0v) is 13.9. The van der Waals surface area contributed by atoms with Crippen LogP contribution in [0.2, 0.25) is 5.02 Å². The second-order valence-electron chi connectivity index (χ2n) is 5.88. The molecule has 0 aliphatic carbocycles. The molecule has 1 heterocycles. The molecule has 0 amide bonds. The van der Waals surface area contributed by atoms with Crippen molar-refractivity contribution in [2.75, 3.05) is 12.4 Å². The number of hydrogen-bond donors (Lipinski definition) is 1. The van der Waals surface area contributed by atoms with Gasteiger partial charge in [-0.2, -0.15) is 0 Å². The fourth-order valence-electron chi connectivity index (χ4n) is 3.12. The van der Waals surface area contributed by atoms with Crippen LogP contribution >= 0.6 is 11.6 Å². The van der Waals surface area contributed by atoms with E-state index in [9.17, 15) is 0 Å². The van der Waals surface area contributed by atoms with Crippen molar-refractivity contribution in [1.29, 1.82) is 0 Å². The second-order valence-corrected chi connectivity index (χ2v) is 6.32. The summed E-state index contributed by atoms with van der Waals surface area (Å²) < 4.78 is 5.49. The van der Waals surface area contributed by atoms with E-state index in [1.165, 1.54) is 29.7 Å². The molecular weight excluding hydrogens is 294 g/mol. The first-order valence-corrected chi connectivity index (χ1v) is 8.31. The van der Waals surface area contributed by atoms with Gasteiger partial charge in [-0.05, 0) is 54.7 Å². The van der Waals surface area contributed by atoms with Crippen molar-refractivity contribution in [2.24, 2.45) is 0 Å².